The first-order valence-electron chi connectivity index (χ1n) is 10.5. The number of fused-ring (bicyclic) bond motifs is 1. The summed E-state index contributed by atoms with van der Waals surface area (Å²) >= 11 is 14.0. The lowest BCUT2D eigenvalue weighted by Crippen LogP contribution is -2.07. The molecule has 0 unspecified atom stereocenters. The van der Waals surface area contributed by atoms with Crippen molar-refractivity contribution in [2.45, 2.75) is 48.9 Å². The smallest absolute Gasteiger partial charge is 0.122 e. The van der Waals surface area contributed by atoms with Crippen molar-refractivity contribution in [1.82, 2.24) is 9.55 Å². The Morgan fingerprint density at radius 1 is 1.13 bits per heavy atom. The minimum Gasteiger partial charge on any atom is -0.493 e. The lowest BCUT2D eigenvalue weighted by Gasteiger charge is -2.18. The van der Waals surface area contributed by atoms with Gasteiger partial charge >= 0.3 is 0 Å². The third-order valence-electron chi connectivity index (χ3n) is 5.37. The summed E-state index contributed by atoms with van der Waals surface area (Å²) in [7, 11) is 2.07. The molecule has 31 heavy (non-hydrogen) atoms. The van der Waals surface area contributed by atoms with E-state index in [1.807, 2.05) is 12.1 Å². The Morgan fingerprint density at radius 3 is 2.61 bits per heavy atom. The summed E-state index contributed by atoms with van der Waals surface area (Å²) in [6, 6.07) is 14.1. The van der Waals surface area contributed by atoms with Crippen molar-refractivity contribution in [2.24, 2.45) is 7.05 Å². The average Bonchev–Trinajstić information content (AvgIpc) is 3.03. The van der Waals surface area contributed by atoms with Gasteiger partial charge in [0.1, 0.15) is 16.6 Å². The molecule has 162 valence electrons. The van der Waals surface area contributed by atoms with Crippen LogP contribution in [0.2, 0.25) is 10.0 Å². The molecular weight excluding hydrogens is 447 g/mol. The molecule has 3 nitrogen and oxygen atoms in total. The Labute approximate surface area is 198 Å². The Balaban J connectivity index is 1.50. The minimum atomic E-state index is 0.311. The Hall–Kier alpha value is -1.88. The maximum atomic E-state index is 6.20. The molecule has 1 aromatic heterocycles. The fourth-order valence-electron chi connectivity index (χ4n) is 3.81. The van der Waals surface area contributed by atoms with Crippen LogP contribution in [0.4, 0.5) is 0 Å². The molecule has 0 fully saturated rings. The van der Waals surface area contributed by atoms with E-state index in [1.165, 1.54) is 11.1 Å². The third kappa shape index (κ3) is 5.14. The summed E-state index contributed by atoms with van der Waals surface area (Å²) in [5.74, 6) is 2.32. The lowest BCUT2D eigenvalue weighted by atomic mass is 9.96. The van der Waals surface area contributed by atoms with E-state index in [-0.39, 0.29) is 0 Å². The number of ether oxygens (including phenoxy) is 1. The molecule has 0 atom stereocenters. The highest BCUT2D eigenvalue weighted by molar-refractivity contribution is 7.99. The lowest BCUT2D eigenvalue weighted by molar-refractivity contribution is 0.275. The van der Waals surface area contributed by atoms with Crippen molar-refractivity contribution in [3.05, 3.63) is 81.2 Å². The van der Waals surface area contributed by atoms with E-state index in [4.69, 9.17) is 32.9 Å². The van der Waals surface area contributed by atoms with E-state index in [2.05, 4.69) is 55.8 Å². The molecule has 3 aromatic rings. The number of hydrogen-bond donors (Lipinski definition) is 0. The fourth-order valence-corrected chi connectivity index (χ4v) is 5.69. The van der Waals surface area contributed by atoms with Gasteiger partial charge < -0.3 is 9.30 Å². The van der Waals surface area contributed by atoms with E-state index < -0.39 is 0 Å². The van der Waals surface area contributed by atoms with Crippen LogP contribution in [-0.2, 0) is 24.6 Å². The van der Waals surface area contributed by atoms with Gasteiger partial charge in [-0.1, -0.05) is 73.1 Å². The number of aryl methyl sites for hydroxylation is 1. The van der Waals surface area contributed by atoms with Gasteiger partial charge in [0.25, 0.3) is 0 Å². The Kier molecular flexibility index (Phi) is 7.00. The van der Waals surface area contributed by atoms with E-state index in [9.17, 15) is 0 Å². The molecule has 0 aliphatic heterocycles. The average molecular weight is 473 g/mol. The van der Waals surface area contributed by atoms with E-state index in [0.717, 1.165) is 46.5 Å². The van der Waals surface area contributed by atoms with Crippen molar-refractivity contribution in [1.29, 1.82) is 0 Å². The van der Waals surface area contributed by atoms with Crippen molar-refractivity contribution < 1.29 is 4.74 Å². The zero-order valence-corrected chi connectivity index (χ0v) is 20.3. The summed E-state index contributed by atoms with van der Waals surface area (Å²) in [4.78, 5) is 5.96. The van der Waals surface area contributed by atoms with Crippen molar-refractivity contribution in [2.75, 3.05) is 6.61 Å². The number of rotatable bonds is 7. The van der Waals surface area contributed by atoms with Gasteiger partial charge in [-0.3, -0.25) is 0 Å². The number of halogens is 2. The van der Waals surface area contributed by atoms with E-state index in [0.29, 0.717) is 22.6 Å². The standard InChI is InChI=1S/C25H26Cl2N2OS/c1-16(2)24-25(31-20-14-18(26)13-19(27)15-20)29(3)23(28-24)11-12-30-22-10-6-8-17-7-4-5-9-21(17)22/h4-5,7,9-10,13-16H,6,8,11-12H2,1-3H3. The molecule has 2 aromatic carbocycles. The molecular formula is C25H26Cl2N2OS. The molecule has 0 spiro atoms. The molecule has 0 amide bonds. The van der Waals surface area contributed by atoms with Crippen LogP contribution in [0.25, 0.3) is 5.76 Å². The zero-order chi connectivity index (χ0) is 22.0. The molecule has 6 heteroatoms. The maximum absolute atomic E-state index is 6.20. The van der Waals surface area contributed by atoms with Gasteiger partial charge in [0.2, 0.25) is 0 Å². The summed E-state index contributed by atoms with van der Waals surface area (Å²) in [6.07, 6.45) is 5.04. The van der Waals surface area contributed by atoms with Crippen molar-refractivity contribution in [3.63, 3.8) is 0 Å². The molecule has 1 aliphatic carbocycles. The van der Waals surface area contributed by atoms with Gasteiger partial charge in [-0.2, -0.15) is 0 Å². The first-order chi connectivity index (χ1) is 14.9. The Bertz CT molecular complexity index is 1100. The van der Waals surface area contributed by atoms with Crippen LogP contribution in [0.3, 0.4) is 0 Å². The van der Waals surface area contributed by atoms with E-state index in [1.54, 1.807) is 17.8 Å². The SMILES string of the molecule is CC(C)c1nc(CCOC2=CCCc3ccccc32)n(C)c1Sc1cc(Cl)cc(Cl)c1. The number of benzene rings is 2. The molecule has 0 radical (unpaired) electrons. The van der Waals surface area contributed by atoms with Gasteiger partial charge in [-0.05, 0) is 48.6 Å². The Morgan fingerprint density at radius 2 is 1.87 bits per heavy atom. The van der Waals surface area contributed by atoms with Crippen LogP contribution in [0.15, 0.2) is 58.5 Å². The topological polar surface area (TPSA) is 27.1 Å². The van der Waals surface area contributed by atoms with Crippen LogP contribution < -0.4 is 0 Å². The summed E-state index contributed by atoms with van der Waals surface area (Å²) < 4.78 is 8.36. The highest BCUT2D eigenvalue weighted by Crippen LogP contribution is 2.37. The molecule has 0 bridgehead atoms. The molecule has 0 saturated carbocycles. The second-order valence-corrected chi connectivity index (χ2v) is 9.94. The van der Waals surface area contributed by atoms with Crippen molar-refractivity contribution >= 4 is 40.7 Å². The first-order valence-corrected chi connectivity index (χ1v) is 12.1. The summed E-state index contributed by atoms with van der Waals surface area (Å²) in [5.41, 5.74) is 3.66. The fraction of sp³-hybridized carbons (Fsp3) is 0.320. The van der Waals surface area contributed by atoms with Crippen LogP contribution in [0.1, 0.15) is 48.8 Å². The monoisotopic (exact) mass is 472 g/mol. The van der Waals surface area contributed by atoms with Gasteiger partial charge in [-0.15, -0.1) is 0 Å². The second kappa shape index (κ2) is 9.72. The quantitative estimate of drug-likeness (QED) is 0.355. The van der Waals surface area contributed by atoms with Crippen molar-refractivity contribution in [3.8, 4) is 0 Å². The van der Waals surface area contributed by atoms with Gasteiger partial charge in [-0.25, -0.2) is 4.98 Å². The van der Waals surface area contributed by atoms with Gasteiger partial charge in [0, 0.05) is 34.0 Å². The number of allylic oxidation sites excluding steroid dienone is 1. The summed E-state index contributed by atoms with van der Waals surface area (Å²) in [5, 5.41) is 2.39. The second-order valence-electron chi connectivity index (χ2n) is 8.00. The maximum Gasteiger partial charge on any atom is 0.122 e. The summed E-state index contributed by atoms with van der Waals surface area (Å²) in [6.45, 7) is 4.93. The van der Waals surface area contributed by atoms with Crippen LogP contribution in [-0.4, -0.2) is 16.2 Å². The zero-order valence-electron chi connectivity index (χ0n) is 18.0. The van der Waals surface area contributed by atoms with Gasteiger partial charge in [0.15, 0.2) is 0 Å². The molecule has 1 aliphatic rings. The number of nitrogens with zero attached hydrogens (tertiary/aromatic N) is 2. The third-order valence-corrected chi connectivity index (χ3v) is 6.95. The largest absolute Gasteiger partial charge is 0.493 e. The van der Waals surface area contributed by atoms with E-state index >= 15 is 0 Å². The number of imidazole rings is 1. The predicted molar refractivity (Wildman–Crippen MR) is 130 cm³/mol. The molecule has 0 N–H and O–H groups in total. The number of aromatic nitrogens is 2. The molecule has 0 saturated heterocycles. The van der Waals surface area contributed by atoms with Crippen LogP contribution in [0.5, 0.6) is 0 Å². The molecule has 1 heterocycles. The number of hydrogen-bond acceptors (Lipinski definition) is 3. The van der Waals surface area contributed by atoms with Crippen LogP contribution in [0, 0.1) is 0 Å². The highest BCUT2D eigenvalue weighted by Gasteiger charge is 2.19. The molecule has 4 rings (SSSR count). The first kappa shape index (κ1) is 22.3. The predicted octanol–water partition coefficient (Wildman–Crippen LogP) is 7.55. The minimum absolute atomic E-state index is 0.311. The highest BCUT2D eigenvalue weighted by atomic mass is 35.5. The normalized spacial score (nSPS) is 13.3. The van der Waals surface area contributed by atoms with Crippen LogP contribution >= 0.6 is 35.0 Å². The van der Waals surface area contributed by atoms with Gasteiger partial charge in [0.05, 0.1) is 12.3 Å².